The van der Waals surface area contributed by atoms with Crippen LogP contribution in [0.4, 0.5) is 0 Å². The van der Waals surface area contributed by atoms with Gasteiger partial charge in [0.2, 0.25) is 5.91 Å². The Labute approximate surface area is 80.3 Å². The third-order valence-corrected chi connectivity index (χ3v) is 2.93. The van der Waals surface area contributed by atoms with E-state index in [-0.39, 0.29) is 11.9 Å². The van der Waals surface area contributed by atoms with E-state index < -0.39 is 0 Å². The van der Waals surface area contributed by atoms with Gasteiger partial charge in [0.25, 0.3) is 0 Å². The first-order chi connectivity index (χ1) is 6.19. The van der Waals surface area contributed by atoms with Crippen LogP contribution < -0.4 is 5.73 Å². The van der Waals surface area contributed by atoms with E-state index in [4.69, 9.17) is 5.73 Å². The number of nitrogens with two attached hydrogens (primary N) is 1. The lowest BCUT2D eigenvalue weighted by atomic mass is 10.1. The van der Waals surface area contributed by atoms with Crippen LogP contribution in [0.3, 0.4) is 0 Å². The van der Waals surface area contributed by atoms with E-state index in [0.29, 0.717) is 5.92 Å². The predicted molar refractivity (Wildman–Crippen MR) is 53.2 cm³/mol. The first kappa shape index (κ1) is 10.5. The summed E-state index contributed by atoms with van der Waals surface area (Å²) >= 11 is 0. The highest BCUT2D eigenvalue weighted by Crippen LogP contribution is 2.19. The second kappa shape index (κ2) is 4.61. The second-order valence-electron chi connectivity index (χ2n) is 3.86. The molecule has 2 N–H and O–H groups in total. The van der Waals surface area contributed by atoms with E-state index in [1.54, 1.807) is 0 Å². The van der Waals surface area contributed by atoms with Crippen molar-refractivity contribution in [1.82, 2.24) is 4.90 Å². The molecule has 1 rings (SSSR count). The van der Waals surface area contributed by atoms with Gasteiger partial charge in [-0.2, -0.15) is 0 Å². The van der Waals surface area contributed by atoms with Crippen molar-refractivity contribution < 1.29 is 4.79 Å². The Balaban J connectivity index is 2.41. The van der Waals surface area contributed by atoms with Crippen molar-refractivity contribution in [3.63, 3.8) is 0 Å². The van der Waals surface area contributed by atoms with Crippen LogP contribution in [0.5, 0.6) is 0 Å². The number of nitrogens with zero attached hydrogens (tertiary/aromatic N) is 1. The summed E-state index contributed by atoms with van der Waals surface area (Å²) < 4.78 is 0. The SMILES string of the molecule is CCC1CCN(C(=O)[C@H](N)CC)C1. The molecule has 3 nitrogen and oxygen atoms in total. The van der Waals surface area contributed by atoms with E-state index in [2.05, 4.69) is 6.92 Å². The summed E-state index contributed by atoms with van der Waals surface area (Å²) in [5.41, 5.74) is 5.69. The van der Waals surface area contributed by atoms with Gasteiger partial charge < -0.3 is 10.6 Å². The van der Waals surface area contributed by atoms with Crippen molar-refractivity contribution >= 4 is 5.91 Å². The molecule has 1 aliphatic heterocycles. The fourth-order valence-corrected chi connectivity index (χ4v) is 1.78. The van der Waals surface area contributed by atoms with Gasteiger partial charge in [0.1, 0.15) is 0 Å². The highest BCUT2D eigenvalue weighted by Gasteiger charge is 2.27. The number of likely N-dealkylation sites (tertiary alicyclic amines) is 1. The fourth-order valence-electron chi connectivity index (χ4n) is 1.78. The Morgan fingerprint density at radius 3 is 2.77 bits per heavy atom. The van der Waals surface area contributed by atoms with Crippen LogP contribution in [0, 0.1) is 5.92 Å². The molecule has 1 saturated heterocycles. The quantitative estimate of drug-likeness (QED) is 0.710. The Kier molecular flexibility index (Phi) is 3.72. The lowest BCUT2D eigenvalue weighted by molar-refractivity contribution is -0.131. The molecular formula is C10H20N2O. The van der Waals surface area contributed by atoms with Crippen LogP contribution >= 0.6 is 0 Å². The molecule has 76 valence electrons. The summed E-state index contributed by atoms with van der Waals surface area (Å²) in [6, 6.07) is -0.282. The maximum absolute atomic E-state index is 11.6. The van der Waals surface area contributed by atoms with Crippen molar-refractivity contribution in [1.29, 1.82) is 0 Å². The summed E-state index contributed by atoms with van der Waals surface area (Å²) in [4.78, 5) is 13.6. The lowest BCUT2D eigenvalue weighted by Crippen LogP contribution is -2.42. The van der Waals surface area contributed by atoms with Crippen molar-refractivity contribution in [3.8, 4) is 0 Å². The molecule has 1 aliphatic rings. The predicted octanol–water partition coefficient (Wildman–Crippen LogP) is 0.982. The van der Waals surface area contributed by atoms with Crippen LogP contribution in [-0.2, 0) is 4.79 Å². The number of rotatable bonds is 3. The van der Waals surface area contributed by atoms with Crippen LogP contribution in [0.25, 0.3) is 0 Å². The molecule has 0 aromatic carbocycles. The largest absolute Gasteiger partial charge is 0.341 e. The topological polar surface area (TPSA) is 46.3 Å². The van der Waals surface area contributed by atoms with Crippen molar-refractivity contribution in [3.05, 3.63) is 0 Å². The minimum Gasteiger partial charge on any atom is -0.341 e. The van der Waals surface area contributed by atoms with Crippen LogP contribution in [0.1, 0.15) is 33.1 Å². The summed E-state index contributed by atoms with van der Waals surface area (Å²) in [6.07, 6.45) is 3.07. The summed E-state index contributed by atoms with van der Waals surface area (Å²) in [5.74, 6) is 0.839. The molecule has 13 heavy (non-hydrogen) atoms. The van der Waals surface area contributed by atoms with E-state index >= 15 is 0 Å². The summed E-state index contributed by atoms with van der Waals surface area (Å²) in [6.45, 7) is 5.96. The van der Waals surface area contributed by atoms with Crippen LogP contribution in [-0.4, -0.2) is 29.9 Å². The van der Waals surface area contributed by atoms with Crippen LogP contribution in [0.15, 0.2) is 0 Å². The van der Waals surface area contributed by atoms with Gasteiger partial charge in [-0.15, -0.1) is 0 Å². The first-order valence-corrected chi connectivity index (χ1v) is 5.23. The van der Waals surface area contributed by atoms with Gasteiger partial charge >= 0.3 is 0 Å². The number of hydrogen-bond acceptors (Lipinski definition) is 2. The zero-order chi connectivity index (χ0) is 9.84. The minimum atomic E-state index is -0.282. The van der Waals surface area contributed by atoms with Gasteiger partial charge in [-0.05, 0) is 18.8 Å². The lowest BCUT2D eigenvalue weighted by Gasteiger charge is -2.19. The molecule has 0 aliphatic carbocycles. The molecular weight excluding hydrogens is 164 g/mol. The Hall–Kier alpha value is -0.570. The number of carbonyl (C=O) groups excluding carboxylic acids is 1. The Morgan fingerprint density at radius 2 is 2.31 bits per heavy atom. The molecule has 0 radical (unpaired) electrons. The smallest absolute Gasteiger partial charge is 0.239 e. The van der Waals surface area contributed by atoms with Gasteiger partial charge in [0.05, 0.1) is 6.04 Å². The molecule has 0 spiro atoms. The van der Waals surface area contributed by atoms with Gasteiger partial charge in [0, 0.05) is 13.1 Å². The monoisotopic (exact) mass is 184 g/mol. The maximum Gasteiger partial charge on any atom is 0.239 e. The third kappa shape index (κ3) is 2.44. The molecule has 1 fully saturated rings. The Morgan fingerprint density at radius 1 is 1.62 bits per heavy atom. The molecule has 1 amide bonds. The normalized spacial score (nSPS) is 24.8. The average molecular weight is 184 g/mol. The maximum atomic E-state index is 11.6. The zero-order valence-electron chi connectivity index (χ0n) is 8.62. The number of hydrogen-bond donors (Lipinski definition) is 1. The molecule has 0 saturated carbocycles. The van der Waals surface area contributed by atoms with E-state index in [1.807, 2.05) is 11.8 Å². The first-order valence-electron chi connectivity index (χ1n) is 5.23. The second-order valence-corrected chi connectivity index (χ2v) is 3.86. The van der Waals surface area contributed by atoms with Crippen molar-refractivity contribution in [2.75, 3.05) is 13.1 Å². The standard InChI is InChI=1S/C10H20N2O/c1-3-8-5-6-12(7-8)10(13)9(11)4-2/h8-9H,3-7,11H2,1-2H3/t8?,9-/m1/s1. The fraction of sp³-hybridized carbons (Fsp3) is 0.900. The van der Waals surface area contributed by atoms with Crippen molar-refractivity contribution in [2.24, 2.45) is 11.7 Å². The summed E-state index contributed by atoms with van der Waals surface area (Å²) in [7, 11) is 0. The molecule has 1 unspecified atom stereocenters. The van der Waals surface area contributed by atoms with E-state index in [0.717, 1.165) is 25.9 Å². The van der Waals surface area contributed by atoms with Gasteiger partial charge in [0.15, 0.2) is 0 Å². The van der Waals surface area contributed by atoms with Crippen LogP contribution in [0.2, 0.25) is 0 Å². The number of amides is 1. The zero-order valence-corrected chi connectivity index (χ0v) is 8.62. The molecule has 0 aromatic rings. The number of carbonyl (C=O) groups is 1. The van der Waals surface area contributed by atoms with Crippen molar-refractivity contribution in [2.45, 2.75) is 39.2 Å². The van der Waals surface area contributed by atoms with Gasteiger partial charge in [-0.1, -0.05) is 20.3 Å². The van der Waals surface area contributed by atoms with E-state index in [9.17, 15) is 4.79 Å². The summed E-state index contributed by atoms with van der Waals surface area (Å²) in [5, 5.41) is 0. The molecule has 2 atom stereocenters. The van der Waals surface area contributed by atoms with Gasteiger partial charge in [-0.3, -0.25) is 4.79 Å². The Bertz CT molecular complexity index is 182. The molecule has 0 bridgehead atoms. The minimum absolute atomic E-state index is 0.137. The van der Waals surface area contributed by atoms with E-state index in [1.165, 1.54) is 6.42 Å². The van der Waals surface area contributed by atoms with Gasteiger partial charge in [-0.25, -0.2) is 0 Å². The third-order valence-electron chi connectivity index (χ3n) is 2.93. The average Bonchev–Trinajstić information content (AvgIpc) is 2.63. The highest BCUT2D eigenvalue weighted by atomic mass is 16.2. The molecule has 1 heterocycles. The molecule has 0 aromatic heterocycles. The highest BCUT2D eigenvalue weighted by molar-refractivity contribution is 5.81. The molecule has 3 heteroatoms.